The van der Waals surface area contributed by atoms with Gasteiger partial charge in [0.1, 0.15) is 5.01 Å². The number of hydrogen-bond acceptors (Lipinski definition) is 6. The Morgan fingerprint density at radius 1 is 1.21 bits per heavy atom. The van der Waals surface area contributed by atoms with E-state index in [1.165, 1.54) is 30.6 Å². The van der Waals surface area contributed by atoms with Crippen molar-refractivity contribution in [2.24, 2.45) is 0 Å². The average molecular weight is 340 g/mol. The third-order valence-electron chi connectivity index (χ3n) is 3.35. The molecule has 0 atom stereocenters. The molecule has 1 heterocycles. The second kappa shape index (κ2) is 6.59. The van der Waals surface area contributed by atoms with Crippen molar-refractivity contribution in [2.45, 2.75) is 0 Å². The molecule has 0 aliphatic heterocycles. The SMILES string of the molecule is COC(=O)c1ccc(/C=C/c2nc3cc([N+](=O)[O-])ccc3s2)cc1. The fourth-order valence-corrected chi connectivity index (χ4v) is 2.98. The number of esters is 1. The van der Waals surface area contributed by atoms with Crippen molar-refractivity contribution in [2.75, 3.05) is 7.11 Å². The van der Waals surface area contributed by atoms with Gasteiger partial charge in [0.25, 0.3) is 5.69 Å². The van der Waals surface area contributed by atoms with Crippen molar-refractivity contribution in [3.8, 4) is 0 Å². The Kier molecular flexibility index (Phi) is 4.35. The Labute approximate surface area is 141 Å². The van der Waals surface area contributed by atoms with E-state index in [0.717, 1.165) is 15.3 Å². The van der Waals surface area contributed by atoms with Crippen LogP contribution < -0.4 is 0 Å². The van der Waals surface area contributed by atoms with E-state index in [4.69, 9.17) is 0 Å². The van der Waals surface area contributed by atoms with Crippen LogP contribution in [0.1, 0.15) is 20.9 Å². The van der Waals surface area contributed by atoms with E-state index in [2.05, 4.69) is 9.72 Å². The van der Waals surface area contributed by atoms with Crippen LogP contribution in [0.15, 0.2) is 42.5 Å². The van der Waals surface area contributed by atoms with Gasteiger partial charge < -0.3 is 4.74 Å². The standard InChI is InChI=1S/C17H12N2O4S/c1-23-17(20)12-5-2-11(3-6-12)4-9-16-18-14-10-13(19(21)22)7-8-15(14)24-16/h2-10H,1H3/b9-4+. The van der Waals surface area contributed by atoms with Gasteiger partial charge >= 0.3 is 5.97 Å². The number of carbonyl (C=O) groups is 1. The average Bonchev–Trinajstić information content (AvgIpc) is 3.01. The number of aromatic nitrogens is 1. The number of thiazole rings is 1. The third kappa shape index (κ3) is 3.31. The van der Waals surface area contributed by atoms with Crippen LogP contribution in [0.3, 0.4) is 0 Å². The van der Waals surface area contributed by atoms with Crippen LogP contribution in [0.2, 0.25) is 0 Å². The minimum atomic E-state index is -0.433. The summed E-state index contributed by atoms with van der Waals surface area (Å²) >= 11 is 1.45. The number of hydrogen-bond donors (Lipinski definition) is 0. The molecule has 0 N–H and O–H groups in total. The highest BCUT2D eigenvalue weighted by atomic mass is 32.1. The van der Waals surface area contributed by atoms with E-state index < -0.39 is 4.92 Å². The lowest BCUT2D eigenvalue weighted by Gasteiger charge is -1.98. The zero-order valence-electron chi connectivity index (χ0n) is 12.6. The quantitative estimate of drug-likeness (QED) is 0.404. The van der Waals surface area contributed by atoms with Crippen molar-refractivity contribution in [3.05, 3.63) is 68.7 Å². The van der Waals surface area contributed by atoms with Gasteiger partial charge in [-0.3, -0.25) is 10.1 Å². The van der Waals surface area contributed by atoms with Crippen molar-refractivity contribution in [3.63, 3.8) is 0 Å². The van der Waals surface area contributed by atoms with Gasteiger partial charge in [0.2, 0.25) is 0 Å². The molecule has 0 fully saturated rings. The van der Waals surface area contributed by atoms with E-state index in [0.29, 0.717) is 11.1 Å². The number of fused-ring (bicyclic) bond motifs is 1. The maximum absolute atomic E-state index is 11.4. The molecule has 3 aromatic rings. The second-order valence-corrected chi connectivity index (χ2v) is 5.97. The first kappa shape index (κ1) is 15.8. The highest BCUT2D eigenvalue weighted by Crippen LogP contribution is 2.27. The molecule has 0 aliphatic rings. The predicted molar refractivity (Wildman–Crippen MR) is 93.0 cm³/mol. The molecule has 6 nitrogen and oxygen atoms in total. The molecular weight excluding hydrogens is 328 g/mol. The zero-order chi connectivity index (χ0) is 17.1. The van der Waals surface area contributed by atoms with Gasteiger partial charge in [0.15, 0.2) is 0 Å². The van der Waals surface area contributed by atoms with Crippen LogP contribution in [0.25, 0.3) is 22.4 Å². The van der Waals surface area contributed by atoms with Crippen LogP contribution in [0, 0.1) is 10.1 Å². The van der Waals surface area contributed by atoms with Gasteiger partial charge in [-0.1, -0.05) is 18.2 Å². The number of nitro benzene ring substituents is 1. The van der Waals surface area contributed by atoms with Crippen LogP contribution in [0.5, 0.6) is 0 Å². The molecule has 24 heavy (non-hydrogen) atoms. The van der Waals surface area contributed by atoms with Crippen LogP contribution in [-0.4, -0.2) is 23.0 Å². The summed E-state index contributed by atoms with van der Waals surface area (Å²) in [5.74, 6) is -0.377. The first-order valence-electron chi connectivity index (χ1n) is 6.98. The normalized spacial score (nSPS) is 11.0. The summed E-state index contributed by atoms with van der Waals surface area (Å²) in [7, 11) is 1.34. The van der Waals surface area contributed by atoms with E-state index in [1.807, 2.05) is 12.2 Å². The molecule has 0 aliphatic carbocycles. The minimum absolute atomic E-state index is 0.0294. The molecule has 0 saturated carbocycles. The van der Waals surface area contributed by atoms with Crippen molar-refractivity contribution >= 4 is 45.4 Å². The van der Waals surface area contributed by atoms with E-state index in [1.54, 1.807) is 30.3 Å². The van der Waals surface area contributed by atoms with Gasteiger partial charge in [-0.15, -0.1) is 11.3 Å². The Bertz CT molecular complexity index is 945. The number of non-ortho nitro benzene ring substituents is 1. The molecule has 0 saturated heterocycles. The van der Waals surface area contributed by atoms with Gasteiger partial charge in [0.05, 0.1) is 27.8 Å². The number of nitro groups is 1. The fraction of sp³-hybridized carbons (Fsp3) is 0.0588. The molecule has 0 radical (unpaired) electrons. The summed E-state index contributed by atoms with van der Waals surface area (Å²) in [4.78, 5) is 26.1. The molecule has 1 aromatic heterocycles. The van der Waals surface area contributed by atoms with Gasteiger partial charge in [-0.05, 0) is 29.8 Å². The molecule has 0 spiro atoms. The van der Waals surface area contributed by atoms with Crippen molar-refractivity contribution in [1.82, 2.24) is 4.98 Å². The molecule has 0 unspecified atom stereocenters. The smallest absolute Gasteiger partial charge is 0.337 e. The minimum Gasteiger partial charge on any atom is -0.465 e. The lowest BCUT2D eigenvalue weighted by molar-refractivity contribution is -0.384. The Hall–Kier alpha value is -3.06. The predicted octanol–water partition coefficient (Wildman–Crippen LogP) is 4.16. The van der Waals surface area contributed by atoms with Crippen LogP contribution in [0.4, 0.5) is 5.69 Å². The monoisotopic (exact) mass is 340 g/mol. The highest BCUT2D eigenvalue weighted by Gasteiger charge is 2.09. The maximum Gasteiger partial charge on any atom is 0.337 e. The van der Waals surface area contributed by atoms with Crippen LogP contribution in [-0.2, 0) is 4.74 Å². The summed E-state index contributed by atoms with van der Waals surface area (Å²) in [6.45, 7) is 0. The summed E-state index contributed by atoms with van der Waals surface area (Å²) < 4.78 is 5.54. The molecule has 0 amide bonds. The fourth-order valence-electron chi connectivity index (χ4n) is 2.13. The molecule has 2 aromatic carbocycles. The summed E-state index contributed by atoms with van der Waals surface area (Å²) in [6, 6.07) is 11.6. The van der Waals surface area contributed by atoms with Gasteiger partial charge in [-0.25, -0.2) is 9.78 Å². The van der Waals surface area contributed by atoms with Gasteiger partial charge in [-0.2, -0.15) is 0 Å². The lowest BCUT2D eigenvalue weighted by atomic mass is 10.1. The second-order valence-electron chi connectivity index (χ2n) is 4.91. The number of nitrogens with zero attached hydrogens (tertiary/aromatic N) is 2. The summed E-state index contributed by atoms with van der Waals surface area (Å²) in [6.07, 6.45) is 3.71. The third-order valence-corrected chi connectivity index (χ3v) is 4.35. The Balaban J connectivity index is 1.82. The number of rotatable bonds is 4. The lowest BCUT2D eigenvalue weighted by Crippen LogP contribution is -2.00. The summed E-state index contributed by atoms with van der Waals surface area (Å²) in [5.41, 5.74) is 2.03. The van der Waals surface area contributed by atoms with Crippen molar-refractivity contribution < 1.29 is 14.5 Å². The van der Waals surface area contributed by atoms with Gasteiger partial charge in [0, 0.05) is 12.1 Å². The zero-order valence-corrected chi connectivity index (χ0v) is 13.4. The van der Waals surface area contributed by atoms with Crippen LogP contribution >= 0.6 is 11.3 Å². The molecular formula is C17H12N2O4S. The topological polar surface area (TPSA) is 82.3 Å². The molecule has 7 heteroatoms. The first-order valence-corrected chi connectivity index (χ1v) is 7.80. The largest absolute Gasteiger partial charge is 0.465 e. The van der Waals surface area contributed by atoms with E-state index >= 15 is 0 Å². The number of carbonyl (C=O) groups excluding carboxylic acids is 1. The highest BCUT2D eigenvalue weighted by molar-refractivity contribution is 7.19. The van der Waals surface area contributed by atoms with E-state index in [9.17, 15) is 14.9 Å². The number of benzene rings is 2. The first-order chi connectivity index (χ1) is 11.6. The molecule has 3 rings (SSSR count). The molecule has 0 bridgehead atoms. The number of ether oxygens (including phenoxy) is 1. The maximum atomic E-state index is 11.4. The van der Waals surface area contributed by atoms with Crippen molar-refractivity contribution in [1.29, 1.82) is 0 Å². The van der Waals surface area contributed by atoms with E-state index in [-0.39, 0.29) is 11.7 Å². The summed E-state index contributed by atoms with van der Waals surface area (Å²) in [5, 5.41) is 11.5. The number of methoxy groups -OCH3 is 1. The Morgan fingerprint density at radius 3 is 2.62 bits per heavy atom. The molecule has 120 valence electrons. The Morgan fingerprint density at radius 2 is 1.96 bits per heavy atom.